The van der Waals surface area contributed by atoms with Crippen LogP contribution in [0.5, 0.6) is 5.75 Å². The zero-order chi connectivity index (χ0) is 13.6. The van der Waals surface area contributed by atoms with Gasteiger partial charge < -0.3 is 10.1 Å². The van der Waals surface area contributed by atoms with Crippen LogP contribution < -0.4 is 10.1 Å². The van der Waals surface area contributed by atoms with E-state index in [-0.39, 0.29) is 11.9 Å². The molecule has 0 aliphatic heterocycles. The van der Waals surface area contributed by atoms with Crippen LogP contribution in [0.25, 0.3) is 0 Å². The van der Waals surface area contributed by atoms with Crippen molar-refractivity contribution in [2.24, 2.45) is 0 Å². The van der Waals surface area contributed by atoms with Gasteiger partial charge in [-0.2, -0.15) is 0 Å². The van der Waals surface area contributed by atoms with Gasteiger partial charge in [0, 0.05) is 24.9 Å². The number of para-hydroxylation sites is 1. The first-order valence-electron chi connectivity index (χ1n) is 6.01. The molecule has 0 fully saturated rings. The Morgan fingerprint density at radius 1 is 1.28 bits per heavy atom. The van der Waals surface area contributed by atoms with E-state index in [9.17, 15) is 8.42 Å². The van der Waals surface area contributed by atoms with Gasteiger partial charge in [0.05, 0.1) is 11.9 Å². The minimum atomic E-state index is -2.90. The zero-order valence-electron chi connectivity index (χ0n) is 11.1. The van der Waals surface area contributed by atoms with Crippen molar-refractivity contribution in [3.8, 4) is 5.75 Å². The Bertz CT molecular complexity index is 469. The normalized spacial score (nSPS) is 11.8. The molecule has 4 nitrogen and oxygen atoms in total. The fourth-order valence-corrected chi connectivity index (χ4v) is 2.01. The van der Waals surface area contributed by atoms with Crippen molar-refractivity contribution in [3.05, 3.63) is 29.8 Å². The van der Waals surface area contributed by atoms with Crippen molar-refractivity contribution in [2.75, 3.05) is 18.6 Å². The van der Waals surface area contributed by atoms with Crippen LogP contribution in [0.2, 0.25) is 0 Å². The van der Waals surface area contributed by atoms with Gasteiger partial charge in [0.15, 0.2) is 0 Å². The number of nitrogens with one attached hydrogen (secondary N) is 1. The third-order valence-corrected chi connectivity index (χ3v) is 3.25. The van der Waals surface area contributed by atoms with E-state index >= 15 is 0 Å². The number of benzene rings is 1. The summed E-state index contributed by atoms with van der Waals surface area (Å²) in [5.74, 6) is 1.000. The lowest BCUT2D eigenvalue weighted by atomic mass is 10.2. The fourth-order valence-electron chi connectivity index (χ4n) is 1.50. The Morgan fingerprint density at radius 2 is 1.94 bits per heavy atom. The molecule has 0 aromatic heterocycles. The molecule has 0 bridgehead atoms. The van der Waals surface area contributed by atoms with Crippen LogP contribution in [0.15, 0.2) is 24.3 Å². The standard InChI is InChI=1S/C13H21NO3S/c1-11(2)17-13-7-5-4-6-12(13)10-14-8-9-18(3,15)16/h4-7,11,14H,8-10H2,1-3H3. The van der Waals surface area contributed by atoms with Gasteiger partial charge in [-0.15, -0.1) is 0 Å². The maximum Gasteiger partial charge on any atom is 0.148 e. The zero-order valence-corrected chi connectivity index (χ0v) is 12.0. The molecule has 0 spiro atoms. The molecular formula is C13H21NO3S. The molecule has 0 amide bonds. The highest BCUT2D eigenvalue weighted by atomic mass is 32.2. The number of sulfone groups is 1. The molecular weight excluding hydrogens is 250 g/mol. The van der Waals surface area contributed by atoms with Gasteiger partial charge in [0.25, 0.3) is 0 Å². The average molecular weight is 271 g/mol. The molecule has 0 radical (unpaired) electrons. The van der Waals surface area contributed by atoms with Crippen molar-refractivity contribution in [1.82, 2.24) is 5.32 Å². The van der Waals surface area contributed by atoms with Crippen LogP contribution in [-0.4, -0.2) is 33.1 Å². The summed E-state index contributed by atoms with van der Waals surface area (Å²) in [6, 6.07) is 7.78. The van der Waals surface area contributed by atoms with Gasteiger partial charge in [-0.05, 0) is 19.9 Å². The Labute approximate surface area is 109 Å². The molecule has 0 heterocycles. The first-order chi connectivity index (χ1) is 8.38. The highest BCUT2D eigenvalue weighted by Crippen LogP contribution is 2.18. The largest absolute Gasteiger partial charge is 0.491 e. The van der Waals surface area contributed by atoms with Crippen molar-refractivity contribution in [1.29, 1.82) is 0 Å². The Hall–Kier alpha value is -1.07. The third kappa shape index (κ3) is 6.02. The second-order valence-electron chi connectivity index (χ2n) is 4.58. The summed E-state index contributed by atoms with van der Waals surface area (Å²) >= 11 is 0. The van der Waals surface area contributed by atoms with Gasteiger partial charge in [-0.3, -0.25) is 0 Å². The van der Waals surface area contributed by atoms with E-state index in [0.29, 0.717) is 13.1 Å². The maximum atomic E-state index is 11.0. The molecule has 1 N–H and O–H groups in total. The van der Waals surface area contributed by atoms with Crippen molar-refractivity contribution in [2.45, 2.75) is 26.5 Å². The van der Waals surface area contributed by atoms with Crippen LogP contribution in [0.1, 0.15) is 19.4 Å². The summed E-state index contributed by atoms with van der Waals surface area (Å²) in [6.45, 7) is 5.02. The second kappa shape index (κ2) is 6.75. The van der Waals surface area contributed by atoms with Crippen LogP contribution >= 0.6 is 0 Å². The number of hydrogen-bond donors (Lipinski definition) is 1. The number of ether oxygens (including phenoxy) is 1. The van der Waals surface area contributed by atoms with Crippen LogP contribution in [-0.2, 0) is 16.4 Å². The van der Waals surface area contributed by atoms with Gasteiger partial charge in [0.1, 0.15) is 15.6 Å². The number of hydrogen-bond acceptors (Lipinski definition) is 4. The SMILES string of the molecule is CC(C)Oc1ccccc1CNCCS(C)(=O)=O. The van der Waals surface area contributed by atoms with Crippen molar-refractivity contribution < 1.29 is 13.2 Å². The van der Waals surface area contributed by atoms with Crippen LogP contribution in [0.3, 0.4) is 0 Å². The van der Waals surface area contributed by atoms with E-state index < -0.39 is 9.84 Å². The molecule has 5 heteroatoms. The minimum absolute atomic E-state index is 0.127. The van der Waals surface area contributed by atoms with Gasteiger partial charge in [-0.25, -0.2) is 8.42 Å². The Balaban J connectivity index is 2.51. The van der Waals surface area contributed by atoms with E-state index in [1.54, 1.807) is 0 Å². The van der Waals surface area contributed by atoms with Crippen molar-refractivity contribution in [3.63, 3.8) is 0 Å². The number of rotatable bonds is 7. The predicted molar refractivity (Wildman–Crippen MR) is 73.6 cm³/mol. The minimum Gasteiger partial charge on any atom is -0.491 e. The quantitative estimate of drug-likeness (QED) is 0.766. The molecule has 1 aromatic carbocycles. The molecule has 0 saturated carbocycles. The summed E-state index contributed by atoms with van der Waals surface area (Å²) in [6.07, 6.45) is 1.37. The fraction of sp³-hybridized carbons (Fsp3) is 0.538. The van der Waals surface area contributed by atoms with E-state index in [0.717, 1.165) is 11.3 Å². The predicted octanol–water partition coefficient (Wildman–Crippen LogP) is 1.61. The van der Waals surface area contributed by atoms with E-state index in [1.165, 1.54) is 6.26 Å². The summed E-state index contributed by atoms with van der Waals surface area (Å²) in [4.78, 5) is 0. The third-order valence-electron chi connectivity index (χ3n) is 2.30. The van der Waals surface area contributed by atoms with E-state index in [4.69, 9.17) is 4.74 Å². The molecule has 1 rings (SSSR count). The molecule has 0 unspecified atom stereocenters. The lowest BCUT2D eigenvalue weighted by Crippen LogP contribution is -2.22. The lowest BCUT2D eigenvalue weighted by molar-refractivity contribution is 0.239. The smallest absolute Gasteiger partial charge is 0.148 e. The summed E-state index contributed by atoms with van der Waals surface area (Å²) in [7, 11) is -2.90. The first kappa shape index (κ1) is 15.0. The van der Waals surface area contributed by atoms with Gasteiger partial charge >= 0.3 is 0 Å². The highest BCUT2D eigenvalue weighted by Gasteiger charge is 2.05. The maximum absolute atomic E-state index is 11.0. The summed E-state index contributed by atoms with van der Waals surface area (Å²) in [5, 5.41) is 3.11. The first-order valence-corrected chi connectivity index (χ1v) is 8.07. The van der Waals surface area contributed by atoms with Crippen LogP contribution in [0.4, 0.5) is 0 Å². The molecule has 0 aliphatic carbocycles. The van der Waals surface area contributed by atoms with Crippen LogP contribution in [0, 0.1) is 0 Å². The molecule has 0 saturated heterocycles. The molecule has 1 aromatic rings. The monoisotopic (exact) mass is 271 g/mol. The highest BCUT2D eigenvalue weighted by molar-refractivity contribution is 7.90. The summed E-state index contributed by atoms with van der Waals surface area (Å²) in [5.41, 5.74) is 1.04. The average Bonchev–Trinajstić information content (AvgIpc) is 2.24. The molecule has 102 valence electrons. The molecule has 0 atom stereocenters. The summed E-state index contributed by atoms with van der Waals surface area (Å²) < 4.78 is 27.7. The van der Waals surface area contributed by atoms with Gasteiger partial charge in [0.2, 0.25) is 0 Å². The second-order valence-corrected chi connectivity index (χ2v) is 6.84. The Kier molecular flexibility index (Phi) is 5.62. The van der Waals surface area contributed by atoms with E-state index in [1.807, 2.05) is 38.1 Å². The van der Waals surface area contributed by atoms with Gasteiger partial charge in [-0.1, -0.05) is 18.2 Å². The lowest BCUT2D eigenvalue weighted by Gasteiger charge is -2.14. The topological polar surface area (TPSA) is 55.4 Å². The van der Waals surface area contributed by atoms with Crippen molar-refractivity contribution >= 4 is 9.84 Å². The molecule has 0 aliphatic rings. The van der Waals surface area contributed by atoms with E-state index in [2.05, 4.69) is 5.32 Å². The Morgan fingerprint density at radius 3 is 2.56 bits per heavy atom. The molecule has 18 heavy (non-hydrogen) atoms.